The van der Waals surface area contributed by atoms with Crippen LogP contribution in [0.4, 0.5) is 10.1 Å². The Bertz CT molecular complexity index is 778. The van der Waals surface area contributed by atoms with Crippen LogP contribution in [0.5, 0.6) is 5.75 Å². The van der Waals surface area contributed by atoms with Gasteiger partial charge < -0.3 is 4.74 Å². The summed E-state index contributed by atoms with van der Waals surface area (Å²) in [4.78, 5) is -0.140. The second-order valence-electron chi connectivity index (χ2n) is 4.36. The molecule has 7 heteroatoms. The highest BCUT2D eigenvalue weighted by Gasteiger charge is 2.17. The van der Waals surface area contributed by atoms with E-state index >= 15 is 0 Å². The van der Waals surface area contributed by atoms with Crippen LogP contribution in [0, 0.1) is 12.7 Å². The van der Waals surface area contributed by atoms with Gasteiger partial charge in [-0.05, 0) is 64.8 Å². The number of ether oxygens (including phenoxy) is 1. The molecule has 0 bridgehead atoms. The van der Waals surface area contributed by atoms with Gasteiger partial charge >= 0.3 is 0 Å². The Hall–Kier alpha value is -1.60. The first-order valence-corrected chi connectivity index (χ1v) is 8.23. The lowest BCUT2D eigenvalue weighted by Crippen LogP contribution is -2.14. The number of methoxy groups -OCH3 is 1. The molecule has 0 spiro atoms. The highest BCUT2D eigenvalue weighted by atomic mass is 79.9. The molecule has 2 aromatic carbocycles. The van der Waals surface area contributed by atoms with Crippen LogP contribution in [0.2, 0.25) is 0 Å². The second kappa shape index (κ2) is 6.03. The SMILES string of the molecule is COc1ccc(NS(=O)(=O)c2ccc(Br)c(F)c2)c(C)c1. The summed E-state index contributed by atoms with van der Waals surface area (Å²) >= 11 is 2.99. The van der Waals surface area contributed by atoms with E-state index in [2.05, 4.69) is 20.7 Å². The lowest BCUT2D eigenvalue weighted by molar-refractivity contribution is 0.414. The van der Waals surface area contributed by atoms with Crippen molar-refractivity contribution in [2.24, 2.45) is 0 Å². The average molecular weight is 374 g/mol. The van der Waals surface area contributed by atoms with E-state index in [1.165, 1.54) is 19.2 Å². The smallest absolute Gasteiger partial charge is 0.262 e. The zero-order valence-corrected chi connectivity index (χ0v) is 13.8. The molecule has 0 aliphatic rings. The first-order chi connectivity index (χ1) is 9.83. The number of hydrogen-bond donors (Lipinski definition) is 1. The molecule has 0 fully saturated rings. The lowest BCUT2D eigenvalue weighted by atomic mass is 10.2. The van der Waals surface area contributed by atoms with E-state index in [0.717, 1.165) is 6.07 Å². The van der Waals surface area contributed by atoms with E-state index in [0.29, 0.717) is 17.0 Å². The van der Waals surface area contributed by atoms with Gasteiger partial charge in [0.2, 0.25) is 0 Å². The molecular formula is C14H13BrFNO3S. The minimum atomic E-state index is -3.85. The van der Waals surface area contributed by atoms with Gasteiger partial charge in [0.05, 0.1) is 22.2 Å². The second-order valence-corrected chi connectivity index (χ2v) is 6.90. The van der Waals surface area contributed by atoms with Crippen LogP contribution >= 0.6 is 15.9 Å². The van der Waals surface area contributed by atoms with Gasteiger partial charge in [0.1, 0.15) is 11.6 Å². The molecule has 0 radical (unpaired) electrons. The third-order valence-corrected chi connectivity index (χ3v) is 4.89. The van der Waals surface area contributed by atoms with Gasteiger partial charge in [-0.3, -0.25) is 4.72 Å². The lowest BCUT2D eigenvalue weighted by Gasteiger charge is -2.12. The van der Waals surface area contributed by atoms with Crippen LogP contribution in [0.1, 0.15) is 5.56 Å². The van der Waals surface area contributed by atoms with Crippen molar-refractivity contribution >= 4 is 31.6 Å². The van der Waals surface area contributed by atoms with Crippen molar-refractivity contribution in [2.45, 2.75) is 11.8 Å². The van der Waals surface area contributed by atoms with Gasteiger partial charge in [0.15, 0.2) is 0 Å². The predicted octanol–water partition coefficient (Wildman–Crippen LogP) is 3.71. The number of anilines is 1. The normalized spacial score (nSPS) is 11.2. The van der Waals surface area contributed by atoms with E-state index in [9.17, 15) is 12.8 Å². The number of halogens is 2. The van der Waals surface area contributed by atoms with Crippen LogP contribution in [0.25, 0.3) is 0 Å². The molecule has 4 nitrogen and oxygen atoms in total. The van der Waals surface area contributed by atoms with Crippen LogP contribution in [-0.2, 0) is 10.0 Å². The Kier molecular flexibility index (Phi) is 4.53. The Morgan fingerprint density at radius 1 is 1.19 bits per heavy atom. The number of nitrogens with one attached hydrogen (secondary N) is 1. The minimum Gasteiger partial charge on any atom is -0.497 e. The molecule has 2 aromatic rings. The summed E-state index contributed by atoms with van der Waals surface area (Å²) in [7, 11) is -2.32. The van der Waals surface area contributed by atoms with Crippen molar-refractivity contribution in [1.82, 2.24) is 0 Å². The van der Waals surface area contributed by atoms with Crippen LogP contribution in [-0.4, -0.2) is 15.5 Å². The summed E-state index contributed by atoms with van der Waals surface area (Å²) in [6.45, 7) is 1.75. The van der Waals surface area contributed by atoms with E-state index in [1.54, 1.807) is 25.1 Å². The maximum Gasteiger partial charge on any atom is 0.262 e. The van der Waals surface area contributed by atoms with Crippen molar-refractivity contribution in [3.05, 3.63) is 52.3 Å². The van der Waals surface area contributed by atoms with E-state index in [-0.39, 0.29) is 9.37 Å². The van der Waals surface area contributed by atoms with Crippen molar-refractivity contribution in [1.29, 1.82) is 0 Å². The predicted molar refractivity (Wildman–Crippen MR) is 82.6 cm³/mol. The first kappa shape index (κ1) is 15.8. The zero-order valence-electron chi connectivity index (χ0n) is 11.4. The molecule has 0 aromatic heterocycles. The summed E-state index contributed by atoms with van der Waals surface area (Å²) < 4.78 is 45.7. The third-order valence-electron chi connectivity index (χ3n) is 2.88. The molecule has 0 saturated carbocycles. The number of benzene rings is 2. The summed E-state index contributed by atoms with van der Waals surface area (Å²) in [5.74, 6) is -0.00513. The van der Waals surface area contributed by atoms with Crippen molar-refractivity contribution in [3.8, 4) is 5.75 Å². The van der Waals surface area contributed by atoms with Crippen LogP contribution in [0.15, 0.2) is 45.8 Å². The Balaban J connectivity index is 2.35. The van der Waals surface area contributed by atoms with E-state index in [1.807, 2.05) is 0 Å². The Labute approximate surface area is 131 Å². The standard InChI is InChI=1S/C14H13BrFNO3S/c1-9-7-10(20-2)3-6-14(9)17-21(18,19)11-4-5-12(15)13(16)8-11/h3-8,17H,1-2H3. The van der Waals surface area contributed by atoms with Crippen LogP contribution in [0.3, 0.4) is 0 Å². The maximum absolute atomic E-state index is 13.5. The van der Waals surface area contributed by atoms with Crippen molar-refractivity contribution in [3.63, 3.8) is 0 Å². The molecule has 0 atom stereocenters. The molecule has 112 valence electrons. The molecule has 0 heterocycles. The highest BCUT2D eigenvalue weighted by molar-refractivity contribution is 9.10. The minimum absolute atomic E-state index is 0.140. The Morgan fingerprint density at radius 2 is 1.90 bits per heavy atom. The fourth-order valence-electron chi connectivity index (χ4n) is 1.73. The van der Waals surface area contributed by atoms with Gasteiger partial charge in [-0.25, -0.2) is 12.8 Å². The van der Waals surface area contributed by atoms with Gasteiger partial charge in [-0.1, -0.05) is 0 Å². The molecular weight excluding hydrogens is 361 g/mol. The summed E-state index contributed by atoms with van der Waals surface area (Å²) in [5.41, 5.74) is 1.12. The molecule has 0 saturated heterocycles. The quantitative estimate of drug-likeness (QED) is 0.888. The molecule has 1 N–H and O–H groups in total. The number of rotatable bonds is 4. The van der Waals surface area contributed by atoms with E-state index in [4.69, 9.17) is 4.74 Å². The van der Waals surface area contributed by atoms with Gasteiger partial charge in [0, 0.05) is 0 Å². The number of sulfonamides is 1. The molecule has 21 heavy (non-hydrogen) atoms. The summed E-state index contributed by atoms with van der Waals surface area (Å²) in [6.07, 6.45) is 0. The first-order valence-electron chi connectivity index (χ1n) is 5.96. The fraction of sp³-hybridized carbons (Fsp3) is 0.143. The Morgan fingerprint density at radius 3 is 2.48 bits per heavy atom. The third kappa shape index (κ3) is 3.54. The maximum atomic E-state index is 13.5. The average Bonchev–Trinajstić information content (AvgIpc) is 2.43. The van der Waals surface area contributed by atoms with Gasteiger partial charge in [0.25, 0.3) is 10.0 Å². The molecule has 0 unspecified atom stereocenters. The van der Waals surface area contributed by atoms with Gasteiger partial charge in [-0.2, -0.15) is 0 Å². The fourth-order valence-corrected chi connectivity index (χ4v) is 3.11. The largest absolute Gasteiger partial charge is 0.497 e. The van der Waals surface area contributed by atoms with Crippen LogP contribution < -0.4 is 9.46 Å². The molecule has 0 aliphatic carbocycles. The highest BCUT2D eigenvalue weighted by Crippen LogP contribution is 2.25. The summed E-state index contributed by atoms with van der Waals surface area (Å²) in [6, 6.07) is 8.60. The molecule has 2 rings (SSSR count). The number of aryl methyl sites for hydroxylation is 1. The van der Waals surface area contributed by atoms with Gasteiger partial charge in [-0.15, -0.1) is 0 Å². The van der Waals surface area contributed by atoms with Crippen molar-refractivity contribution < 1.29 is 17.5 Å². The molecule has 0 aliphatic heterocycles. The topological polar surface area (TPSA) is 55.4 Å². The monoisotopic (exact) mass is 373 g/mol. The van der Waals surface area contributed by atoms with E-state index < -0.39 is 15.8 Å². The zero-order chi connectivity index (χ0) is 15.6. The summed E-state index contributed by atoms with van der Waals surface area (Å²) in [5, 5.41) is 0. The number of hydrogen-bond acceptors (Lipinski definition) is 3. The molecule has 0 amide bonds. The van der Waals surface area contributed by atoms with Crippen molar-refractivity contribution in [2.75, 3.05) is 11.8 Å².